The van der Waals surface area contributed by atoms with Gasteiger partial charge in [0.1, 0.15) is 0 Å². The first-order valence-electron chi connectivity index (χ1n) is 7.53. The molecule has 0 aliphatic heterocycles. The fourth-order valence-electron chi connectivity index (χ4n) is 2.40. The third kappa shape index (κ3) is 4.20. The first kappa shape index (κ1) is 15.8. The van der Waals surface area contributed by atoms with Crippen molar-refractivity contribution >= 4 is 26.5 Å². The van der Waals surface area contributed by atoms with Gasteiger partial charge in [0.15, 0.2) is 8.07 Å². The highest BCUT2D eigenvalue weighted by atomic mass is 28.3. The molecular formula is C19H24Si2. The summed E-state index contributed by atoms with van der Waals surface area (Å²) in [6.45, 7) is 9.50. The van der Waals surface area contributed by atoms with Crippen molar-refractivity contribution < 1.29 is 0 Å². The van der Waals surface area contributed by atoms with Gasteiger partial charge in [-0.05, 0) is 5.19 Å². The van der Waals surface area contributed by atoms with Crippen molar-refractivity contribution in [2.75, 3.05) is 0 Å². The second kappa shape index (κ2) is 6.47. The maximum absolute atomic E-state index is 3.62. The van der Waals surface area contributed by atoms with E-state index in [1.54, 1.807) is 0 Å². The highest BCUT2D eigenvalue weighted by Crippen LogP contribution is 2.09. The molecule has 0 aliphatic rings. The minimum Gasteiger partial charge on any atom is -0.126 e. The predicted octanol–water partition coefficient (Wildman–Crippen LogP) is 3.76. The van der Waals surface area contributed by atoms with E-state index in [1.165, 1.54) is 10.4 Å². The van der Waals surface area contributed by atoms with Crippen LogP contribution >= 0.6 is 0 Å². The van der Waals surface area contributed by atoms with Crippen LogP contribution < -0.4 is 10.4 Å². The van der Waals surface area contributed by atoms with Crippen LogP contribution in [-0.2, 0) is 0 Å². The molecule has 0 aromatic heterocycles. The summed E-state index contributed by atoms with van der Waals surface area (Å²) < 4.78 is 0. The summed E-state index contributed by atoms with van der Waals surface area (Å²) in [6, 6.07) is 22.7. The van der Waals surface area contributed by atoms with Gasteiger partial charge in [0.05, 0.1) is 8.07 Å². The van der Waals surface area contributed by atoms with Gasteiger partial charge in [-0.3, -0.25) is 0 Å². The molecule has 0 aliphatic carbocycles. The first-order valence-corrected chi connectivity index (χ1v) is 13.7. The predicted molar refractivity (Wildman–Crippen MR) is 99.7 cm³/mol. The molecule has 0 unspecified atom stereocenters. The normalized spacial score (nSPS) is 11.6. The zero-order valence-corrected chi connectivity index (χ0v) is 15.5. The van der Waals surface area contributed by atoms with Crippen LogP contribution in [0.5, 0.6) is 0 Å². The topological polar surface area (TPSA) is 0 Å². The lowest BCUT2D eigenvalue weighted by Gasteiger charge is -2.20. The molecule has 0 nitrogen and oxygen atoms in total. The Morgan fingerprint density at radius 1 is 0.714 bits per heavy atom. The second-order valence-corrected chi connectivity index (χ2v) is 15.5. The minimum absolute atomic E-state index is 1.04. The Morgan fingerprint density at radius 2 is 1.19 bits per heavy atom. The third-order valence-electron chi connectivity index (χ3n) is 3.98. The molecule has 0 spiro atoms. The van der Waals surface area contributed by atoms with Gasteiger partial charge in [0, 0.05) is 6.04 Å². The van der Waals surface area contributed by atoms with E-state index < -0.39 is 16.1 Å². The molecule has 21 heavy (non-hydrogen) atoms. The molecular weight excluding hydrogens is 284 g/mol. The molecule has 0 fully saturated rings. The monoisotopic (exact) mass is 308 g/mol. The van der Waals surface area contributed by atoms with Crippen molar-refractivity contribution in [3.05, 3.63) is 60.7 Å². The average Bonchev–Trinajstić information content (AvgIpc) is 2.49. The van der Waals surface area contributed by atoms with Crippen LogP contribution in [0, 0.1) is 11.5 Å². The highest BCUT2D eigenvalue weighted by molar-refractivity contribution is 6.96. The van der Waals surface area contributed by atoms with Crippen LogP contribution in [0.3, 0.4) is 0 Å². The molecule has 2 aromatic rings. The van der Waals surface area contributed by atoms with Gasteiger partial charge in [-0.15, -0.1) is 11.5 Å². The number of rotatable bonds is 3. The quantitative estimate of drug-likeness (QED) is 0.598. The van der Waals surface area contributed by atoms with Crippen molar-refractivity contribution in [2.45, 2.75) is 32.2 Å². The lowest BCUT2D eigenvalue weighted by atomic mass is 10.4. The second-order valence-electron chi connectivity index (χ2n) is 6.72. The van der Waals surface area contributed by atoms with E-state index in [0.29, 0.717) is 0 Å². The molecule has 0 bridgehead atoms. The smallest absolute Gasteiger partial charge is 0.126 e. The van der Waals surface area contributed by atoms with Crippen LogP contribution in [-0.4, -0.2) is 16.1 Å². The van der Waals surface area contributed by atoms with Crippen LogP contribution in [0.4, 0.5) is 0 Å². The molecule has 2 heteroatoms. The van der Waals surface area contributed by atoms with E-state index in [0.717, 1.165) is 6.04 Å². The Balaban J connectivity index is 2.13. The van der Waals surface area contributed by atoms with Crippen molar-refractivity contribution in [1.29, 1.82) is 0 Å². The zero-order valence-electron chi connectivity index (χ0n) is 13.5. The van der Waals surface area contributed by atoms with E-state index in [1.807, 2.05) is 0 Å². The molecule has 0 N–H and O–H groups in total. The summed E-state index contributed by atoms with van der Waals surface area (Å²) >= 11 is 0. The summed E-state index contributed by atoms with van der Waals surface area (Å²) in [4.78, 5) is 0. The van der Waals surface area contributed by atoms with Crippen molar-refractivity contribution in [3.8, 4) is 11.5 Å². The Hall–Kier alpha value is -1.57. The summed E-state index contributed by atoms with van der Waals surface area (Å²) in [5, 5.41) is 2.93. The van der Waals surface area contributed by atoms with Gasteiger partial charge in [-0.1, -0.05) is 92.0 Å². The first-order chi connectivity index (χ1) is 9.92. The van der Waals surface area contributed by atoms with Gasteiger partial charge in [-0.25, -0.2) is 0 Å². The largest absolute Gasteiger partial charge is 0.162 e. The van der Waals surface area contributed by atoms with Gasteiger partial charge >= 0.3 is 0 Å². The summed E-state index contributed by atoms with van der Waals surface area (Å²) in [5.41, 5.74) is 3.62. The molecule has 0 atom stereocenters. The molecule has 0 saturated heterocycles. The standard InChI is InChI=1S/C19H24Si2/c1-20(2,18-12-7-5-8-13-18)16-11-17-21(3,4)19-14-9-6-10-15-19/h5-10,12-15H,16H2,1-4H3. The van der Waals surface area contributed by atoms with E-state index in [9.17, 15) is 0 Å². The van der Waals surface area contributed by atoms with E-state index in [-0.39, 0.29) is 0 Å². The number of benzene rings is 2. The Labute approximate surface area is 131 Å². The maximum Gasteiger partial charge on any atom is 0.162 e. The lowest BCUT2D eigenvalue weighted by molar-refractivity contribution is 1.58. The van der Waals surface area contributed by atoms with Crippen LogP contribution in [0.25, 0.3) is 0 Å². The molecule has 0 radical (unpaired) electrons. The summed E-state index contributed by atoms with van der Waals surface area (Å²) in [5.74, 6) is 3.54. The minimum atomic E-state index is -1.62. The van der Waals surface area contributed by atoms with Crippen LogP contribution in [0.1, 0.15) is 0 Å². The number of hydrogen-bond acceptors (Lipinski definition) is 0. The zero-order chi connectivity index (χ0) is 15.3. The van der Waals surface area contributed by atoms with Gasteiger partial charge in [-0.2, -0.15) is 0 Å². The Kier molecular flexibility index (Phi) is 4.87. The van der Waals surface area contributed by atoms with Gasteiger partial charge < -0.3 is 0 Å². The summed E-state index contributed by atoms with van der Waals surface area (Å²) in [7, 11) is -3.05. The fraction of sp³-hybridized carbons (Fsp3) is 0.263. The van der Waals surface area contributed by atoms with Crippen molar-refractivity contribution in [3.63, 3.8) is 0 Å². The molecule has 0 saturated carbocycles. The van der Waals surface area contributed by atoms with E-state index in [2.05, 4.69) is 98.3 Å². The summed E-state index contributed by atoms with van der Waals surface area (Å²) in [6.07, 6.45) is 0. The third-order valence-corrected chi connectivity index (χ3v) is 9.52. The van der Waals surface area contributed by atoms with Gasteiger partial charge in [0.2, 0.25) is 0 Å². The molecule has 0 heterocycles. The Morgan fingerprint density at radius 3 is 1.71 bits per heavy atom. The van der Waals surface area contributed by atoms with Crippen molar-refractivity contribution in [1.82, 2.24) is 0 Å². The molecule has 0 amide bonds. The van der Waals surface area contributed by atoms with E-state index in [4.69, 9.17) is 0 Å². The van der Waals surface area contributed by atoms with E-state index >= 15 is 0 Å². The molecule has 2 aromatic carbocycles. The average molecular weight is 309 g/mol. The maximum atomic E-state index is 3.62. The van der Waals surface area contributed by atoms with Crippen LogP contribution in [0.15, 0.2) is 60.7 Å². The fourth-order valence-corrected chi connectivity index (χ4v) is 6.11. The van der Waals surface area contributed by atoms with Crippen LogP contribution in [0.2, 0.25) is 32.2 Å². The Bertz CT molecular complexity index is 632. The number of hydrogen-bond donors (Lipinski definition) is 0. The molecule has 2 rings (SSSR count). The van der Waals surface area contributed by atoms with Crippen molar-refractivity contribution in [2.24, 2.45) is 0 Å². The highest BCUT2D eigenvalue weighted by Gasteiger charge is 2.23. The lowest BCUT2D eigenvalue weighted by Crippen LogP contribution is -2.42. The SMILES string of the molecule is C[Si](C)(C#CC[Si](C)(C)c1ccccc1)c1ccccc1. The van der Waals surface area contributed by atoms with Gasteiger partial charge in [0.25, 0.3) is 0 Å². The molecule has 108 valence electrons.